The van der Waals surface area contributed by atoms with E-state index in [-0.39, 0.29) is 11.3 Å². The molecule has 0 unspecified atom stereocenters. The first-order chi connectivity index (χ1) is 15.5. The number of aryl methyl sites for hydroxylation is 1. The summed E-state index contributed by atoms with van der Waals surface area (Å²) in [5.41, 5.74) is 2.00. The minimum absolute atomic E-state index is 0.0817. The fourth-order valence-corrected chi connectivity index (χ4v) is 4.24. The normalized spacial score (nSPS) is 21.2. The number of aliphatic hydroxyl groups excluding tert-OH is 1. The van der Waals surface area contributed by atoms with E-state index in [1.165, 1.54) is 0 Å². The Hall–Kier alpha value is -3.23. The number of rotatable bonds is 6. The van der Waals surface area contributed by atoms with Crippen molar-refractivity contribution in [3.63, 3.8) is 0 Å². The van der Waals surface area contributed by atoms with Crippen LogP contribution >= 0.6 is 0 Å². The number of Topliss-reactive ketones (excluding diaryl/α,β-unsaturated/α-hetero) is 1. The number of likely N-dealkylation sites (tertiary alicyclic amines) is 1. The Morgan fingerprint density at radius 2 is 2.00 bits per heavy atom. The van der Waals surface area contributed by atoms with Crippen molar-refractivity contribution in [2.45, 2.75) is 13.0 Å². The lowest BCUT2D eigenvalue weighted by molar-refractivity contribution is -0.140. The summed E-state index contributed by atoms with van der Waals surface area (Å²) in [6.45, 7) is 5.69. The fraction of sp³-hybridized carbons (Fsp3) is 0.375. The van der Waals surface area contributed by atoms with Crippen LogP contribution in [0.3, 0.4) is 0 Å². The van der Waals surface area contributed by atoms with Gasteiger partial charge in [-0.2, -0.15) is 0 Å². The first-order valence-electron chi connectivity index (χ1n) is 10.6. The van der Waals surface area contributed by atoms with Crippen molar-refractivity contribution in [1.29, 1.82) is 0 Å². The molecule has 0 bridgehead atoms. The molecule has 8 nitrogen and oxygen atoms in total. The molecular formula is C24H27N3O5. The van der Waals surface area contributed by atoms with Crippen LogP contribution in [0.1, 0.15) is 22.7 Å². The highest BCUT2D eigenvalue weighted by molar-refractivity contribution is 6.46. The number of methoxy groups -OCH3 is 1. The smallest absolute Gasteiger partial charge is 0.295 e. The fourth-order valence-electron chi connectivity index (χ4n) is 4.24. The van der Waals surface area contributed by atoms with E-state index in [1.807, 2.05) is 13.0 Å². The van der Waals surface area contributed by atoms with Crippen LogP contribution in [0.25, 0.3) is 5.76 Å². The van der Waals surface area contributed by atoms with Gasteiger partial charge >= 0.3 is 0 Å². The predicted molar refractivity (Wildman–Crippen MR) is 118 cm³/mol. The number of ketones is 1. The van der Waals surface area contributed by atoms with E-state index in [0.29, 0.717) is 43.2 Å². The van der Waals surface area contributed by atoms with E-state index in [4.69, 9.17) is 9.47 Å². The summed E-state index contributed by atoms with van der Waals surface area (Å²) in [7, 11) is 1.57. The minimum Gasteiger partial charge on any atom is -0.507 e. The van der Waals surface area contributed by atoms with Crippen molar-refractivity contribution < 1.29 is 24.2 Å². The van der Waals surface area contributed by atoms with Gasteiger partial charge in [0, 0.05) is 44.1 Å². The van der Waals surface area contributed by atoms with Crippen LogP contribution in [-0.2, 0) is 14.3 Å². The number of carbonyl (C=O) groups excluding carboxylic acids is 2. The number of amides is 1. The predicted octanol–water partition coefficient (Wildman–Crippen LogP) is 2.15. The van der Waals surface area contributed by atoms with Crippen molar-refractivity contribution in [2.24, 2.45) is 0 Å². The maximum Gasteiger partial charge on any atom is 0.295 e. The zero-order chi connectivity index (χ0) is 22.7. The third-order valence-electron chi connectivity index (χ3n) is 5.99. The molecule has 1 atom stereocenters. The van der Waals surface area contributed by atoms with Gasteiger partial charge in [0.05, 0.1) is 31.9 Å². The van der Waals surface area contributed by atoms with E-state index in [9.17, 15) is 14.7 Å². The Morgan fingerprint density at radius 3 is 2.66 bits per heavy atom. The molecular weight excluding hydrogens is 410 g/mol. The highest BCUT2D eigenvalue weighted by atomic mass is 16.5. The standard InChI is InChI=1S/C24H27N3O5/c1-16-14-18(31-2)5-6-19(16)22(28)20-21(17-4-3-7-25-15-17)27(24(30)23(20)29)9-8-26-10-12-32-13-11-26/h3-7,14-15,21,28H,8-13H2,1-2H3/b22-20+/t21-/m0/s1. The Morgan fingerprint density at radius 1 is 1.22 bits per heavy atom. The Balaban J connectivity index is 1.73. The average Bonchev–Trinajstić information content (AvgIpc) is 3.08. The summed E-state index contributed by atoms with van der Waals surface area (Å²) < 4.78 is 10.6. The Bertz CT molecular complexity index is 1030. The zero-order valence-corrected chi connectivity index (χ0v) is 18.3. The monoisotopic (exact) mass is 437 g/mol. The lowest BCUT2D eigenvalue weighted by Gasteiger charge is -2.30. The van der Waals surface area contributed by atoms with Gasteiger partial charge in [0.1, 0.15) is 11.5 Å². The zero-order valence-electron chi connectivity index (χ0n) is 18.3. The van der Waals surface area contributed by atoms with Crippen LogP contribution in [0.5, 0.6) is 5.75 Å². The summed E-state index contributed by atoms with van der Waals surface area (Å²) in [6, 6.07) is 8.07. The second-order valence-electron chi connectivity index (χ2n) is 7.91. The molecule has 3 heterocycles. The van der Waals surface area contributed by atoms with E-state index in [2.05, 4.69) is 9.88 Å². The number of benzene rings is 1. The molecule has 4 rings (SSSR count). The van der Waals surface area contributed by atoms with Gasteiger partial charge in [-0.05, 0) is 42.3 Å². The molecule has 1 amide bonds. The van der Waals surface area contributed by atoms with Gasteiger partial charge in [0.2, 0.25) is 0 Å². The summed E-state index contributed by atoms with van der Waals surface area (Å²) in [6.07, 6.45) is 3.27. The second kappa shape index (κ2) is 9.50. The minimum atomic E-state index is -0.703. The van der Waals surface area contributed by atoms with Gasteiger partial charge in [-0.15, -0.1) is 0 Å². The van der Waals surface area contributed by atoms with Crippen LogP contribution in [-0.4, -0.2) is 78.1 Å². The SMILES string of the molecule is COc1ccc(/C(O)=C2\C(=O)C(=O)N(CCN3CCOCC3)[C@H]2c2cccnc2)c(C)c1. The van der Waals surface area contributed by atoms with Gasteiger partial charge < -0.3 is 19.5 Å². The molecule has 2 aliphatic rings. The molecule has 0 aliphatic carbocycles. The van der Waals surface area contributed by atoms with Crippen LogP contribution in [0.2, 0.25) is 0 Å². The number of ether oxygens (including phenoxy) is 2. The maximum atomic E-state index is 13.1. The molecule has 2 aromatic rings. The first-order valence-corrected chi connectivity index (χ1v) is 10.6. The van der Waals surface area contributed by atoms with E-state index in [0.717, 1.165) is 18.7 Å². The van der Waals surface area contributed by atoms with E-state index in [1.54, 1.807) is 48.7 Å². The van der Waals surface area contributed by atoms with Gasteiger partial charge in [-0.25, -0.2) is 0 Å². The number of aliphatic hydroxyl groups is 1. The first kappa shape index (κ1) is 22.0. The number of aromatic nitrogens is 1. The number of nitrogens with zero attached hydrogens (tertiary/aromatic N) is 3. The largest absolute Gasteiger partial charge is 0.507 e. The molecule has 1 aromatic heterocycles. The summed E-state index contributed by atoms with van der Waals surface area (Å²) in [5, 5.41) is 11.2. The van der Waals surface area contributed by atoms with Gasteiger partial charge in [0.25, 0.3) is 11.7 Å². The van der Waals surface area contributed by atoms with Gasteiger partial charge in [-0.3, -0.25) is 19.5 Å². The number of morpholine rings is 1. The van der Waals surface area contributed by atoms with Gasteiger partial charge in [0.15, 0.2) is 0 Å². The lowest BCUT2D eigenvalue weighted by atomic mass is 9.94. The molecule has 0 radical (unpaired) electrons. The Kier molecular flexibility index (Phi) is 6.53. The summed E-state index contributed by atoms with van der Waals surface area (Å²) in [4.78, 5) is 34.1. The van der Waals surface area contributed by atoms with Crippen LogP contribution in [0.15, 0.2) is 48.3 Å². The topological polar surface area (TPSA) is 92.2 Å². The molecule has 2 fully saturated rings. The van der Waals surface area contributed by atoms with E-state index >= 15 is 0 Å². The molecule has 8 heteroatoms. The highest BCUT2D eigenvalue weighted by Gasteiger charge is 2.46. The number of carbonyl (C=O) groups is 2. The molecule has 2 aliphatic heterocycles. The van der Waals surface area contributed by atoms with Crippen molar-refractivity contribution in [2.75, 3.05) is 46.5 Å². The molecule has 0 spiro atoms. The molecule has 2 saturated heterocycles. The maximum absolute atomic E-state index is 13.1. The van der Waals surface area contributed by atoms with Crippen molar-refractivity contribution in [3.05, 3.63) is 65.0 Å². The Labute approximate surface area is 187 Å². The van der Waals surface area contributed by atoms with Crippen LogP contribution in [0, 0.1) is 6.92 Å². The van der Waals surface area contributed by atoms with Crippen molar-refractivity contribution in [1.82, 2.24) is 14.8 Å². The molecule has 32 heavy (non-hydrogen) atoms. The molecule has 0 saturated carbocycles. The third-order valence-corrected chi connectivity index (χ3v) is 5.99. The van der Waals surface area contributed by atoms with Crippen LogP contribution < -0.4 is 4.74 Å². The lowest BCUT2D eigenvalue weighted by Crippen LogP contribution is -2.42. The molecule has 168 valence electrons. The van der Waals surface area contributed by atoms with E-state index < -0.39 is 17.7 Å². The number of hydrogen-bond acceptors (Lipinski definition) is 7. The van der Waals surface area contributed by atoms with Crippen molar-refractivity contribution >= 4 is 17.4 Å². The molecule has 1 N–H and O–H groups in total. The highest BCUT2D eigenvalue weighted by Crippen LogP contribution is 2.39. The third kappa shape index (κ3) is 4.24. The van der Waals surface area contributed by atoms with Gasteiger partial charge in [-0.1, -0.05) is 6.07 Å². The summed E-state index contributed by atoms with van der Waals surface area (Å²) >= 11 is 0. The number of hydrogen-bond donors (Lipinski definition) is 1. The van der Waals surface area contributed by atoms with Crippen LogP contribution in [0.4, 0.5) is 0 Å². The second-order valence-corrected chi connectivity index (χ2v) is 7.91. The van der Waals surface area contributed by atoms with Crippen molar-refractivity contribution in [3.8, 4) is 5.75 Å². The molecule has 1 aromatic carbocycles. The number of pyridine rings is 1. The average molecular weight is 437 g/mol. The quantitative estimate of drug-likeness (QED) is 0.421. The summed E-state index contributed by atoms with van der Waals surface area (Å²) in [5.74, 6) is -0.839.